The van der Waals surface area contributed by atoms with Crippen LogP contribution < -0.4 is 10.6 Å². The minimum atomic E-state index is 0.330. The summed E-state index contributed by atoms with van der Waals surface area (Å²) in [4.78, 5) is 0. The van der Waals surface area contributed by atoms with Crippen molar-refractivity contribution in [3.05, 3.63) is 0 Å². The van der Waals surface area contributed by atoms with Crippen molar-refractivity contribution in [3.8, 4) is 0 Å². The molecule has 4 heteroatoms. The van der Waals surface area contributed by atoms with Gasteiger partial charge in [0.05, 0.1) is 12.1 Å². The average molecular weight is 214 g/mol. The molecule has 1 saturated carbocycles. The third-order valence-electron chi connectivity index (χ3n) is 2.79. The van der Waals surface area contributed by atoms with Gasteiger partial charge in [-0.25, -0.2) is 0 Å². The lowest BCUT2D eigenvalue weighted by Crippen LogP contribution is -2.46. The lowest BCUT2D eigenvalue weighted by molar-refractivity contribution is 0.0892. The van der Waals surface area contributed by atoms with E-state index in [-0.39, 0.29) is 0 Å². The van der Waals surface area contributed by atoms with E-state index in [1.807, 2.05) is 0 Å². The fraction of sp³-hybridized carbons (Fsp3) is 0.900. The van der Waals surface area contributed by atoms with Gasteiger partial charge < -0.3 is 15.4 Å². The first-order valence-corrected chi connectivity index (χ1v) is 5.85. The van der Waals surface area contributed by atoms with Crippen molar-refractivity contribution in [2.24, 2.45) is 0 Å². The highest BCUT2D eigenvalue weighted by molar-refractivity contribution is 7.80. The molecular formula is C10H18N2OS. The first-order chi connectivity index (χ1) is 6.75. The Kier molecular flexibility index (Phi) is 3.23. The van der Waals surface area contributed by atoms with E-state index in [1.54, 1.807) is 0 Å². The van der Waals surface area contributed by atoms with Crippen LogP contribution in [-0.2, 0) is 4.74 Å². The Morgan fingerprint density at radius 2 is 2.21 bits per heavy atom. The van der Waals surface area contributed by atoms with Crippen molar-refractivity contribution >= 4 is 17.3 Å². The highest BCUT2D eigenvalue weighted by Crippen LogP contribution is 2.19. The molecule has 2 unspecified atom stereocenters. The Morgan fingerprint density at radius 3 is 2.79 bits per heavy atom. The summed E-state index contributed by atoms with van der Waals surface area (Å²) in [7, 11) is 0. The van der Waals surface area contributed by atoms with E-state index in [9.17, 15) is 0 Å². The number of ether oxygens (including phenoxy) is 1. The number of hydrogen-bond donors (Lipinski definition) is 2. The summed E-state index contributed by atoms with van der Waals surface area (Å²) < 4.78 is 5.59. The lowest BCUT2D eigenvalue weighted by atomic mass is 10.1. The molecule has 1 saturated heterocycles. The van der Waals surface area contributed by atoms with E-state index < -0.39 is 0 Å². The molecule has 0 bridgehead atoms. The Morgan fingerprint density at radius 1 is 1.43 bits per heavy atom. The first-order valence-electron chi connectivity index (χ1n) is 5.44. The molecule has 0 aromatic heterocycles. The maximum atomic E-state index is 5.59. The van der Waals surface area contributed by atoms with Gasteiger partial charge in [-0.2, -0.15) is 0 Å². The number of thiocarbonyl (C=S) groups is 1. The fourth-order valence-corrected chi connectivity index (χ4v) is 2.10. The smallest absolute Gasteiger partial charge is 0.166 e. The Balaban J connectivity index is 1.69. The maximum Gasteiger partial charge on any atom is 0.166 e. The molecule has 0 aromatic carbocycles. The molecule has 2 fully saturated rings. The molecule has 80 valence electrons. The van der Waals surface area contributed by atoms with Gasteiger partial charge in [-0.05, 0) is 44.8 Å². The minimum absolute atomic E-state index is 0.330. The standard InChI is InChI=1S/C10H18N2OS/c1-7(9-3-2-6-13-9)11-10(14)12-8-4-5-8/h7-9H,2-6H2,1H3,(H2,11,12,14). The second-order valence-electron chi connectivity index (χ2n) is 4.23. The van der Waals surface area contributed by atoms with Crippen LogP contribution >= 0.6 is 12.2 Å². The molecule has 14 heavy (non-hydrogen) atoms. The van der Waals surface area contributed by atoms with Crippen LogP contribution in [0.2, 0.25) is 0 Å². The number of rotatable bonds is 3. The summed E-state index contributed by atoms with van der Waals surface area (Å²) in [6.07, 6.45) is 5.19. The van der Waals surface area contributed by atoms with Crippen LogP contribution in [0.3, 0.4) is 0 Å². The van der Waals surface area contributed by atoms with Crippen LogP contribution in [0, 0.1) is 0 Å². The predicted molar refractivity (Wildman–Crippen MR) is 60.3 cm³/mol. The Labute approximate surface area is 90.6 Å². The van der Waals surface area contributed by atoms with E-state index in [0.29, 0.717) is 18.2 Å². The summed E-state index contributed by atoms with van der Waals surface area (Å²) in [5.74, 6) is 0. The minimum Gasteiger partial charge on any atom is -0.376 e. The molecule has 1 aliphatic heterocycles. The Hall–Kier alpha value is -0.350. The quantitative estimate of drug-likeness (QED) is 0.691. The zero-order chi connectivity index (χ0) is 9.97. The average Bonchev–Trinajstić information content (AvgIpc) is 2.80. The molecule has 1 aliphatic carbocycles. The third kappa shape index (κ3) is 2.82. The van der Waals surface area contributed by atoms with E-state index in [4.69, 9.17) is 17.0 Å². The molecule has 2 N–H and O–H groups in total. The molecule has 0 aromatic rings. The zero-order valence-electron chi connectivity index (χ0n) is 8.58. The van der Waals surface area contributed by atoms with Crippen molar-refractivity contribution in [3.63, 3.8) is 0 Å². The number of nitrogens with one attached hydrogen (secondary N) is 2. The second kappa shape index (κ2) is 4.45. The van der Waals surface area contributed by atoms with E-state index >= 15 is 0 Å². The topological polar surface area (TPSA) is 33.3 Å². The highest BCUT2D eigenvalue weighted by Gasteiger charge is 2.25. The van der Waals surface area contributed by atoms with Gasteiger partial charge in [-0.15, -0.1) is 0 Å². The lowest BCUT2D eigenvalue weighted by Gasteiger charge is -2.21. The second-order valence-corrected chi connectivity index (χ2v) is 4.64. The third-order valence-corrected chi connectivity index (χ3v) is 3.03. The fourth-order valence-electron chi connectivity index (χ4n) is 1.75. The van der Waals surface area contributed by atoms with Crippen molar-refractivity contribution in [2.45, 2.75) is 50.8 Å². The molecule has 2 aliphatic rings. The molecule has 0 amide bonds. The van der Waals surface area contributed by atoms with Crippen molar-refractivity contribution in [1.82, 2.24) is 10.6 Å². The largest absolute Gasteiger partial charge is 0.376 e. The van der Waals surface area contributed by atoms with Crippen LogP contribution in [0.25, 0.3) is 0 Å². The summed E-state index contributed by atoms with van der Waals surface area (Å²) in [6.45, 7) is 3.04. The van der Waals surface area contributed by atoms with Gasteiger partial charge in [0.1, 0.15) is 0 Å². The van der Waals surface area contributed by atoms with Crippen molar-refractivity contribution in [1.29, 1.82) is 0 Å². The van der Waals surface area contributed by atoms with Crippen LogP contribution in [0.15, 0.2) is 0 Å². The predicted octanol–water partition coefficient (Wildman–Crippen LogP) is 1.18. The van der Waals surface area contributed by atoms with E-state index in [2.05, 4.69) is 17.6 Å². The van der Waals surface area contributed by atoms with Crippen LogP contribution in [0.4, 0.5) is 0 Å². The normalized spacial score (nSPS) is 28.5. The van der Waals surface area contributed by atoms with Gasteiger partial charge >= 0.3 is 0 Å². The van der Waals surface area contributed by atoms with Crippen molar-refractivity contribution < 1.29 is 4.74 Å². The molecule has 3 nitrogen and oxygen atoms in total. The maximum absolute atomic E-state index is 5.59. The van der Waals surface area contributed by atoms with Gasteiger partial charge in [-0.1, -0.05) is 0 Å². The Bertz CT molecular complexity index is 212. The van der Waals surface area contributed by atoms with Crippen LogP contribution in [0.5, 0.6) is 0 Å². The number of hydrogen-bond acceptors (Lipinski definition) is 2. The van der Waals surface area contributed by atoms with Crippen molar-refractivity contribution in [2.75, 3.05) is 6.61 Å². The molecular weight excluding hydrogens is 196 g/mol. The van der Waals surface area contributed by atoms with Gasteiger partial charge in [0.15, 0.2) is 5.11 Å². The van der Waals surface area contributed by atoms with Crippen LogP contribution in [0.1, 0.15) is 32.6 Å². The van der Waals surface area contributed by atoms with Gasteiger partial charge in [0.2, 0.25) is 0 Å². The summed E-state index contributed by atoms with van der Waals surface area (Å²) in [6, 6.07) is 0.961. The van der Waals surface area contributed by atoms with Gasteiger partial charge in [0.25, 0.3) is 0 Å². The van der Waals surface area contributed by atoms with Gasteiger partial charge in [-0.3, -0.25) is 0 Å². The summed E-state index contributed by atoms with van der Waals surface area (Å²) >= 11 is 5.20. The molecule has 0 radical (unpaired) electrons. The molecule has 2 atom stereocenters. The summed E-state index contributed by atoms with van der Waals surface area (Å²) in [5.41, 5.74) is 0. The first kappa shape index (κ1) is 10.2. The van der Waals surface area contributed by atoms with E-state index in [0.717, 1.165) is 18.1 Å². The molecule has 1 heterocycles. The molecule has 0 spiro atoms. The van der Waals surface area contributed by atoms with Gasteiger partial charge in [0, 0.05) is 12.6 Å². The highest BCUT2D eigenvalue weighted by atomic mass is 32.1. The summed E-state index contributed by atoms with van der Waals surface area (Å²) in [5, 5.41) is 7.35. The molecule has 2 rings (SSSR count). The monoisotopic (exact) mass is 214 g/mol. The zero-order valence-corrected chi connectivity index (χ0v) is 9.40. The SMILES string of the molecule is CC(NC(=S)NC1CC1)C1CCCO1. The van der Waals surface area contributed by atoms with E-state index in [1.165, 1.54) is 19.3 Å². The van der Waals surface area contributed by atoms with Crippen LogP contribution in [-0.4, -0.2) is 29.9 Å².